The van der Waals surface area contributed by atoms with Crippen molar-refractivity contribution in [1.82, 2.24) is 4.90 Å². The lowest BCUT2D eigenvalue weighted by atomic mass is 10.1. The molecule has 1 fully saturated rings. The van der Waals surface area contributed by atoms with Crippen molar-refractivity contribution < 1.29 is 13.9 Å². The molecule has 0 saturated carbocycles. The number of rotatable bonds is 6. The molecular formula is C20H23FN2O2. The number of ketones is 1. The van der Waals surface area contributed by atoms with Crippen LogP contribution in [-0.4, -0.2) is 50.0 Å². The van der Waals surface area contributed by atoms with Crippen molar-refractivity contribution in [2.75, 3.05) is 44.2 Å². The predicted molar refractivity (Wildman–Crippen MR) is 97.0 cm³/mol. The monoisotopic (exact) mass is 342 g/mol. The number of halogens is 1. The van der Waals surface area contributed by atoms with Crippen molar-refractivity contribution in [2.45, 2.75) is 6.92 Å². The third-order valence-electron chi connectivity index (χ3n) is 4.49. The number of piperazine rings is 1. The Labute approximate surface area is 147 Å². The summed E-state index contributed by atoms with van der Waals surface area (Å²) in [4.78, 5) is 15.7. The van der Waals surface area contributed by atoms with Gasteiger partial charge < -0.3 is 9.64 Å². The van der Waals surface area contributed by atoms with Gasteiger partial charge >= 0.3 is 0 Å². The molecule has 0 amide bonds. The minimum absolute atomic E-state index is 0.117. The van der Waals surface area contributed by atoms with Gasteiger partial charge in [-0.2, -0.15) is 0 Å². The molecule has 5 heteroatoms. The number of carbonyl (C=O) groups excluding carboxylic acids is 1. The Morgan fingerprint density at radius 2 is 1.80 bits per heavy atom. The summed E-state index contributed by atoms with van der Waals surface area (Å²) >= 11 is 0. The van der Waals surface area contributed by atoms with Gasteiger partial charge in [0.05, 0.1) is 5.69 Å². The average molecular weight is 342 g/mol. The third kappa shape index (κ3) is 4.57. The molecule has 0 radical (unpaired) electrons. The number of hydrogen-bond donors (Lipinski definition) is 0. The standard InChI is InChI=1S/C20H23FN2O2/c1-16(24)17-7-8-20(19(21)15-17)23-11-9-22(10-12-23)13-14-25-18-5-3-2-4-6-18/h2-8,15H,9-14H2,1H3. The SMILES string of the molecule is CC(=O)c1ccc(N2CCN(CCOc3ccccc3)CC2)c(F)c1. The molecule has 0 atom stereocenters. The van der Waals surface area contributed by atoms with E-state index in [1.165, 1.54) is 13.0 Å². The van der Waals surface area contributed by atoms with Crippen LogP contribution in [0.15, 0.2) is 48.5 Å². The van der Waals surface area contributed by atoms with Crippen LogP contribution in [0.3, 0.4) is 0 Å². The largest absolute Gasteiger partial charge is 0.492 e. The molecule has 1 aliphatic heterocycles. The topological polar surface area (TPSA) is 32.8 Å². The van der Waals surface area contributed by atoms with E-state index in [4.69, 9.17) is 4.74 Å². The first-order valence-corrected chi connectivity index (χ1v) is 8.59. The van der Waals surface area contributed by atoms with Gasteiger partial charge in [-0.3, -0.25) is 9.69 Å². The van der Waals surface area contributed by atoms with Crippen LogP contribution in [0.4, 0.5) is 10.1 Å². The van der Waals surface area contributed by atoms with Gasteiger partial charge in [0.2, 0.25) is 0 Å². The number of para-hydroxylation sites is 1. The minimum atomic E-state index is -0.325. The fourth-order valence-electron chi connectivity index (χ4n) is 3.00. The number of hydrogen-bond acceptors (Lipinski definition) is 4. The highest BCUT2D eigenvalue weighted by Crippen LogP contribution is 2.22. The van der Waals surface area contributed by atoms with Gasteiger partial charge in [0.15, 0.2) is 5.78 Å². The lowest BCUT2D eigenvalue weighted by molar-refractivity contribution is 0.101. The Morgan fingerprint density at radius 3 is 2.44 bits per heavy atom. The molecule has 3 rings (SSSR count). The zero-order valence-electron chi connectivity index (χ0n) is 14.5. The van der Waals surface area contributed by atoms with E-state index in [9.17, 15) is 9.18 Å². The molecule has 1 aliphatic rings. The van der Waals surface area contributed by atoms with Crippen LogP contribution >= 0.6 is 0 Å². The van der Waals surface area contributed by atoms with Crippen molar-refractivity contribution in [3.8, 4) is 5.75 Å². The van der Waals surface area contributed by atoms with Crippen LogP contribution in [0, 0.1) is 5.82 Å². The van der Waals surface area contributed by atoms with Crippen LogP contribution in [0.5, 0.6) is 5.75 Å². The zero-order chi connectivity index (χ0) is 17.6. The number of nitrogens with zero attached hydrogens (tertiary/aromatic N) is 2. The van der Waals surface area contributed by atoms with Crippen molar-refractivity contribution in [2.24, 2.45) is 0 Å². The van der Waals surface area contributed by atoms with Crippen molar-refractivity contribution in [3.05, 3.63) is 59.9 Å². The smallest absolute Gasteiger partial charge is 0.159 e. The fourth-order valence-corrected chi connectivity index (χ4v) is 3.00. The van der Waals surface area contributed by atoms with Crippen molar-refractivity contribution in [1.29, 1.82) is 0 Å². The minimum Gasteiger partial charge on any atom is -0.492 e. The molecule has 0 spiro atoms. The summed E-state index contributed by atoms with van der Waals surface area (Å²) in [6.45, 7) is 6.21. The van der Waals surface area contributed by atoms with E-state index in [1.807, 2.05) is 35.2 Å². The molecule has 2 aromatic carbocycles. The first kappa shape index (κ1) is 17.4. The van der Waals surface area contributed by atoms with Crippen LogP contribution in [-0.2, 0) is 0 Å². The van der Waals surface area contributed by atoms with Gasteiger partial charge in [-0.25, -0.2) is 4.39 Å². The highest BCUT2D eigenvalue weighted by atomic mass is 19.1. The quantitative estimate of drug-likeness (QED) is 0.755. The Bertz CT molecular complexity index is 713. The summed E-state index contributed by atoms with van der Waals surface area (Å²) in [6.07, 6.45) is 0. The van der Waals surface area contributed by atoms with E-state index >= 15 is 0 Å². The summed E-state index contributed by atoms with van der Waals surface area (Å²) in [7, 11) is 0. The fraction of sp³-hybridized carbons (Fsp3) is 0.350. The summed E-state index contributed by atoms with van der Waals surface area (Å²) in [5, 5.41) is 0. The molecule has 0 unspecified atom stereocenters. The van der Waals surface area contributed by atoms with E-state index < -0.39 is 0 Å². The van der Waals surface area contributed by atoms with Gasteiger partial charge in [0.25, 0.3) is 0 Å². The first-order valence-electron chi connectivity index (χ1n) is 8.59. The Balaban J connectivity index is 1.48. The van der Waals surface area contributed by atoms with Crippen LogP contribution in [0.1, 0.15) is 17.3 Å². The lowest BCUT2D eigenvalue weighted by Gasteiger charge is -2.36. The Hall–Kier alpha value is -2.40. The van der Waals surface area contributed by atoms with E-state index in [0.29, 0.717) is 17.9 Å². The zero-order valence-corrected chi connectivity index (χ0v) is 14.5. The highest BCUT2D eigenvalue weighted by Gasteiger charge is 2.19. The number of carbonyl (C=O) groups is 1. The van der Waals surface area contributed by atoms with Gasteiger partial charge in [0, 0.05) is 38.3 Å². The molecule has 0 aliphatic carbocycles. The van der Waals surface area contributed by atoms with Crippen molar-refractivity contribution >= 4 is 11.5 Å². The maximum atomic E-state index is 14.3. The Morgan fingerprint density at radius 1 is 1.08 bits per heavy atom. The second-order valence-corrected chi connectivity index (χ2v) is 6.21. The number of Topliss-reactive ketones (excluding diaryl/α,β-unsaturated/α-hetero) is 1. The summed E-state index contributed by atoms with van der Waals surface area (Å²) < 4.78 is 20.0. The molecule has 25 heavy (non-hydrogen) atoms. The molecule has 1 heterocycles. The summed E-state index contributed by atoms with van der Waals surface area (Å²) in [5.74, 6) is 0.441. The van der Waals surface area contributed by atoms with Crippen LogP contribution in [0.2, 0.25) is 0 Å². The molecule has 2 aromatic rings. The van der Waals surface area contributed by atoms with Crippen LogP contribution < -0.4 is 9.64 Å². The highest BCUT2D eigenvalue weighted by molar-refractivity contribution is 5.94. The van der Waals surface area contributed by atoms with Gasteiger partial charge in [0.1, 0.15) is 18.2 Å². The maximum Gasteiger partial charge on any atom is 0.159 e. The van der Waals surface area contributed by atoms with Crippen molar-refractivity contribution in [3.63, 3.8) is 0 Å². The average Bonchev–Trinajstić information content (AvgIpc) is 2.63. The molecule has 0 bridgehead atoms. The maximum absolute atomic E-state index is 14.3. The van der Waals surface area contributed by atoms with E-state index in [0.717, 1.165) is 38.5 Å². The molecular weight excluding hydrogens is 319 g/mol. The summed E-state index contributed by atoms with van der Waals surface area (Å²) in [6, 6.07) is 14.5. The van der Waals surface area contributed by atoms with Gasteiger partial charge in [-0.15, -0.1) is 0 Å². The molecule has 1 saturated heterocycles. The number of benzene rings is 2. The van der Waals surface area contributed by atoms with E-state index in [2.05, 4.69) is 4.90 Å². The van der Waals surface area contributed by atoms with Crippen LogP contribution in [0.25, 0.3) is 0 Å². The molecule has 132 valence electrons. The second kappa shape index (κ2) is 8.12. The summed E-state index contributed by atoms with van der Waals surface area (Å²) in [5.41, 5.74) is 0.989. The second-order valence-electron chi connectivity index (χ2n) is 6.21. The van der Waals surface area contributed by atoms with Gasteiger partial charge in [-0.05, 0) is 37.3 Å². The third-order valence-corrected chi connectivity index (χ3v) is 4.49. The Kier molecular flexibility index (Phi) is 5.66. The number of ether oxygens (including phenoxy) is 1. The number of anilines is 1. The molecule has 0 aromatic heterocycles. The normalized spacial score (nSPS) is 15.2. The van der Waals surface area contributed by atoms with E-state index in [-0.39, 0.29) is 11.6 Å². The van der Waals surface area contributed by atoms with E-state index in [1.54, 1.807) is 12.1 Å². The molecule has 4 nitrogen and oxygen atoms in total. The molecule has 0 N–H and O–H groups in total. The first-order chi connectivity index (χ1) is 12.1. The lowest BCUT2D eigenvalue weighted by Crippen LogP contribution is -2.47. The van der Waals surface area contributed by atoms with Gasteiger partial charge in [-0.1, -0.05) is 18.2 Å². The predicted octanol–water partition coefficient (Wildman–Crippen LogP) is 3.23.